The minimum Gasteiger partial charge on any atom is -0.486 e. The first-order valence-corrected chi connectivity index (χ1v) is 9.56. The third kappa shape index (κ3) is 3.71. The van der Waals surface area contributed by atoms with Crippen LogP contribution in [0, 0.1) is 0 Å². The molecule has 0 amide bonds. The third-order valence-electron chi connectivity index (χ3n) is 5.01. The molecule has 27 heavy (non-hydrogen) atoms. The zero-order valence-electron chi connectivity index (χ0n) is 15.5. The molecule has 1 aliphatic heterocycles. The number of hydrogen-bond acceptors (Lipinski definition) is 4. The lowest BCUT2D eigenvalue weighted by atomic mass is 10.0. The summed E-state index contributed by atoms with van der Waals surface area (Å²) in [6.45, 7) is 4.89. The molecule has 0 bridgehead atoms. The van der Waals surface area contributed by atoms with E-state index in [1.807, 2.05) is 34.9 Å². The van der Waals surface area contributed by atoms with E-state index in [1.165, 1.54) is 5.56 Å². The number of ether oxygens (including phenoxy) is 2. The molecule has 2 heterocycles. The van der Waals surface area contributed by atoms with Crippen molar-refractivity contribution in [3.05, 3.63) is 58.5 Å². The van der Waals surface area contributed by atoms with E-state index in [9.17, 15) is 4.79 Å². The molecule has 142 valence electrons. The third-order valence-corrected chi connectivity index (χ3v) is 5.01. The minimum absolute atomic E-state index is 0.0462. The molecular formula is C21H25N3O3. The molecule has 4 rings (SSSR count). The number of para-hydroxylation sites is 2. The Morgan fingerprint density at radius 1 is 1.15 bits per heavy atom. The van der Waals surface area contributed by atoms with Gasteiger partial charge in [0.15, 0.2) is 11.5 Å². The van der Waals surface area contributed by atoms with Gasteiger partial charge in [0.05, 0.1) is 11.0 Å². The van der Waals surface area contributed by atoms with Crippen molar-refractivity contribution in [2.45, 2.75) is 32.4 Å². The van der Waals surface area contributed by atoms with Gasteiger partial charge < -0.3 is 19.8 Å². The van der Waals surface area contributed by atoms with Crippen molar-refractivity contribution in [3.8, 4) is 11.5 Å². The van der Waals surface area contributed by atoms with Crippen LogP contribution in [0.4, 0.5) is 0 Å². The number of H-pyrrole nitrogens is 1. The van der Waals surface area contributed by atoms with Gasteiger partial charge in [0.2, 0.25) is 0 Å². The second-order valence-corrected chi connectivity index (χ2v) is 6.77. The highest BCUT2D eigenvalue weighted by Crippen LogP contribution is 2.33. The average molecular weight is 367 g/mol. The maximum absolute atomic E-state index is 12.1. The van der Waals surface area contributed by atoms with E-state index in [2.05, 4.69) is 29.4 Å². The fourth-order valence-electron chi connectivity index (χ4n) is 3.62. The molecule has 3 aromatic rings. The van der Waals surface area contributed by atoms with Crippen molar-refractivity contribution >= 4 is 11.0 Å². The van der Waals surface area contributed by atoms with Crippen LogP contribution in [0.2, 0.25) is 0 Å². The average Bonchev–Trinajstić information content (AvgIpc) is 3.03. The highest BCUT2D eigenvalue weighted by molar-refractivity contribution is 5.74. The van der Waals surface area contributed by atoms with Crippen LogP contribution in [0.3, 0.4) is 0 Å². The lowest BCUT2D eigenvalue weighted by Gasteiger charge is -2.22. The van der Waals surface area contributed by atoms with Crippen LogP contribution in [0.15, 0.2) is 47.3 Å². The van der Waals surface area contributed by atoms with Crippen molar-refractivity contribution in [1.29, 1.82) is 0 Å². The maximum atomic E-state index is 12.1. The first-order valence-electron chi connectivity index (χ1n) is 9.56. The largest absolute Gasteiger partial charge is 0.486 e. The first-order chi connectivity index (χ1) is 13.3. The summed E-state index contributed by atoms with van der Waals surface area (Å²) in [5, 5.41) is 3.60. The van der Waals surface area contributed by atoms with Gasteiger partial charge in [-0.3, -0.25) is 4.57 Å². The molecule has 0 aliphatic carbocycles. The van der Waals surface area contributed by atoms with Gasteiger partial charge >= 0.3 is 5.69 Å². The van der Waals surface area contributed by atoms with Crippen molar-refractivity contribution < 1.29 is 9.47 Å². The van der Waals surface area contributed by atoms with Crippen LogP contribution < -0.4 is 20.5 Å². The Bertz CT molecular complexity index is 976. The Labute approximate surface area is 158 Å². The van der Waals surface area contributed by atoms with E-state index in [0.29, 0.717) is 19.8 Å². The van der Waals surface area contributed by atoms with Gasteiger partial charge in [-0.1, -0.05) is 25.1 Å². The van der Waals surface area contributed by atoms with Crippen molar-refractivity contribution in [1.82, 2.24) is 14.9 Å². The summed E-state index contributed by atoms with van der Waals surface area (Å²) < 4.78 is 13.1. The van der Waals surface area contributed by atoms with Crippen LogP contribution in [-0.4, -0.2) is 29.3 Å². The van der Waals surface area contributed by atoms with Gasteiger partial charge in [0, 0.05) is 12.6 Å². The van der Waals surface area contributed by atoms with Crippen molar-refractivity contribution in [2.24, 2.45) is 0 Å². The van der Waals surface area contributed by atoms with E-state index < -0.39 is 0 Å². The molecule has 0 radical (unpaired) electrons. The van der Waals surface area contributed by atoms with Crippen LogP contribution in [0.1, 0.15) is 31.4 Å². The summed E-state index contributed by atoms with van der Waals surface area (Å²) in [4.78, 5) is 15.0. The summed E-state index contributed by atoms with van der Waals surface area (Å²) in [6, 6.07) is 14.2. The van der Waals surface area contributed by atoms with Gasteiger partial charge in [0.1, 0.15) is 13.2 Å². The van der Waals surface area contributed by atoms with Gasteiger partial charge in [0.25, 0.3) is 0 Å². The molecular weight excluding hydrogens is 342 g/mol. The van der Waals surface area contributed by atoms with Crippen LogP contribution in [0.25, 0.3) is 11.0 Å². The monoisotopic (exact) mass is 367 g/mol. The van der Waals surface area contributed by atoms with Crippen molar-refractivity contribution in [2.75, 3.05) is 19.8 Å². The number of imidazole rings is 1. The number of aromatic nitrogens is 2. The van der Waals surface area contributed by atoms with E-state index in [-0.39, 0.29) is 11.7 Å². The van der Waals surface area contributed by atoms with E-state index in [0.717, 1.165) is 41.9 Å². The molecule has 1 aromatic heterocycles. The molecule has 0 saturated carbocycles. The Morgan fingerprint density at radius 3 is 2.81 bits per heavy atom. The Balaban J connectivity index is 1.37. The number of nitrogens with zero attached hydrogens (tertiary/aromatic N) is 1. The van der Waals surface area contributed by atoms with Gasteiger partial charge in [-0.15, -0.1) is 0 Å². The Kier molecular flexibility index (Phi) is 5.16. The molecule has 1 atom stereocenters. The SMILES string of the molecule is CCC(NCCCn1c(=O)[nH]c2ccccc21)c1ccc2c(c1)OCCO2. The van der Waals surface area contributed by atoms with Crippen LogP contribution in [-0.2, 0) is 6.54 Å². The summed E-state index contributed by atoms with van der Waals surface area (Å²) in [5.74, 6) is 1.64. The number of hydrogen-bond donors (Lipinski definition) is 2. The highest BCUT2D eigenvalue weighted by Gasteiger charge is 2.15. The van der Waals surface area contributed by atoms with E-state index in [1.54, 1.807) is 0 Å². The normalized spacial score (nSPS) is 14.4. The van der Waals surface area contributed by atoms with E-state index >= 15 is 0 Å². The second-order valence-electron chi connectivity index (χ2n) is 6.77. The maximum Gasteiger partial charge on any atom is 0.326 e. The summed E-state index contributed by atoms with van der Waals surface area (Å²) in [5.41, 5.74) is 3.00. The molecule has 6 heteroatoms. The quantitative estimate of drug-likeness (QED) is 0.629. The van der Waals surface area contributed by atoms with Gasteiger partial charge in [-0.2, -0.15) is 0 Å². The minimum atomic E-state index is -0.0462. The number of benzene rings is 2. The van der Waals surface area contributed by atoms with Crippen molar-refractivity contribution in [3.63, 3.8) is 0 Å². The number of rotatable bonds is 7. The molecule has 1 aliphatic rings. The smallest absolute Gasteiger partial charge is 0.326 e. The number of fused-ring (bicyclic) bond motifs is 2. The van der Waals surface area contributed by atoms with E-state index in [4.69, 9.17) is 9.47 Å². The molecule has 0 spiro atoms. The molecule has 0 fully saturated rings. The topological polar surface area (TPSA) is 68.3 Å². The Morgan fingerprint density at radius 2 is 1.96 bits per heavy atom. The molecule has 2 aromatic carbocycles. The van der Waals surface area contributed by atoms with Gasteiger partial charge in [-0.05, 0) is 49.2 Å². The second kappa shape index (κ2) is 7.88. The first kappa shape index (κ1) is 17.7. The fraction of sp³-hybridized carbons (Fsp3) is 0.381. The number of aromatic amines is 1. The predicted molar refractivity (Wildman–Crippen MR) is 106 cm³/mol. The zero-order valence-corrected chi connectivity index (χ0v) is 15.5. The zero-order chi connectivity index (χ0) is 18.6. The van der Waals surface area contributed by atoms with Gasteiger partial charge in [-0.25, -0.2) is 4.79 Å². The molecule has 0 saturated heterocycles. The standard InChI is InChI=1S/C21H25N3O3/c1-2-16(15-8-9-19-20(14-15)27-13-12-26-19)22-10-5-11-24-18-7-4-3-6-17(18)23-21(24)25/h3-4,6-9,14,16,22H,2,5,10-13H2,1H3,(H,23,25). The lowest BCUT2D eigenvalue weighted by Crippen LogP contribution is -2.25. The summed E-state index contributed by atoms with van der Waals surface area (Å²) in [7, 11) is 0. The molecule has 2 N–H and O–H groups in total. The highest BCUT2D eigenvalue weighted by atomic mass is 16.6. The summed E-state index contributed by atoms with van der Waals surface area (Å²) in [6.07, 6.45) is 1.86. The number of nitrogens with one attached hydrogen (secondary N) is 2. The fourth-order valence-corrected chi connectivity index (χ4v) is 3.62. The van der Waals surface area contributed by atoms with Crippen LogP contribution in [0.5, 0.6) is 11.5 Å². The predicted octanol–water partition coefficient (Wildman–Crippen LogP) is 3.23. The Hall–Kier alpha value is -2.73. The molecule has 6 nitrogen and oxygen atoms in total. The van der Waals surface area contributed by atoms with Crippen LogP contribution >= 0.6 is 0 Å². The molecule has 1 unspecified atom stereocenters. The lowest BCUT2D eigenvalue weighted by molar-refractivity contribution is 0.171. The summed E-state index contributed by atoms with van der Waals surface area (Å²) >= 11 is 0. The number of aryl methyl sites for hydroxylation is 1.